The lowest BCUT2D eigenvalue weighted by atomic mass is 10.0. The van der Waals surface area contributed by atoms with Crippen molar-refractivity contribution >= 4 is 27.7 Å². The van der Waals surface area contributed by atoms with E-state index in [9.17, 15) is 4.79 Å². The average Bonchev–Trinajstić information content (AvgIpc) is 2.62. The number of nitrogens with zero attached hydrogens (tertiary/aromatic N) is 2. The summed E-state index contributed by atoms with van der Waals surface area (Å²) in [6.45, 7) is 5.93. The van der Waals surface area contributed by atoms with Gasteiger partial charge in [0.05, 0.1) is 5.56 Å². The number of carbonyl (C=O) groups is 1. The fourth-order valence-corrected chi connectivity index (χ4v) is 2.42. The number of anilines is 1. The molecule has 0 spiro atoms. The maximum Gasteiger partial charge on any atom is 0.257 e. The van der Waals surface area contributed by atoms with Gasteiger partial charge in [-0.15, -0.1) is 0 Å². The Labute approximate surface area is 109 Å². The van der Waals surface area contributed by atoms with E-state index in [0.29, 0.717) is 23.2 Å². The van der Waals surface area contributed by atoms with E-state index in [0.717, 1.165) is 17.6 Å². The van der Waals surface area contributed by atoms with Crippen molar-refractivity contribution in [3.8, 4) is 0 Å². The number of halogens is 1. The van der Waals surface area contributed by atoms with Crippen molar-refractivity contribution in [3.63, 3.8) is 0 Å². The van der Waals surface area contributed by atoms with Crippen LogP contribution < -0.4 is 5.73 Å². The standard InChI is InChI=1S/C12H16BrN3O/c1-7-5-16(6-8(7)2)12(17)10-3-9(13)4-15-11(10)14/h3-4,7-8H,5-6H2,1-2H3,(H2,14,15). The molecule has 1 aromatic heterocycles. The summed E-state index contributed by atoms with van der Waals surface area (Å²) in [6, 6.07) is 1.73. The Morgan fingerprint density at radius 3 is 2.65 bits per heavy atom. The number of hydrogen-bond acceptors (Lipinski definition) is 3. The zero-order valence-corrected chi connectivity index (χ0v) is 11.6. The summed E-state index contributed by atoms with van der Waals surface area (Å²) < 4.78 is 0.773. The smallest absolute Gasteiger partial charge is 0.257 e. The molecule has 17 heavy (non-hydrogen) atoms. The van der Waals surface area contributed by atoms with Crippen LogP contribution in [0.2, 0.25) is 0 Å². The quantitative estimate of drug-likeness (QED) is 0.864. The van der Waals surface area contributed by atoms with Gasteiger partial charge in [-0.25, -0.2) is 4.98 Å². The number of likely N-dealkylation sites (tertiary alicyclic amines) is 1. The molecule has 2 N–H and O–H groups in total. The molecule has 5 heteroatoms. The molecule has 1 aromatic rings. The van der Waals surface area contributed by atoms with Gasteiger partial charge in [0, 0.05) is 23.8 Å². The maximum atomic E-state index is 12.3. The molecule has 1 fully saturated rings. The van der Waals surface area contributed by atoms with Crippen LogP contribution in [0.3, 0.4) is 0 Å². The number of carbonyl (C=O) groups excluding carboxylic acids is 1. The number of hydrogen-bond donors (Lipinski definition) is 1. The summed E-state index contributed by atoms with van der Waals surface area (Å²) in [7, 11) is 0. The van der Waals surface area contributed by atoms with E-state index in [1.54, 1.807) is 12.3 Å². The lowest BCUT2D eigenvalue weighted by Crippen LogP contribution is -2.29. The summed E-state index contributed by atoms with van der Waals surface area (Å²) in [5.74, 6) is 1.36. The topological polar surface area (TPSA) is 59.2 Å². The minimum absolute atomic E-state index is 0.0208. The van der Waals surface area contributed by atoms with E-state index in [2.05, 4.69) is 34.8 Å². The number of nitrogens with two attached hydrogens (primary N) is 1. The van der Waals surface area contributed by atoms with Gasteiger partial charge in [0.2, 0.25) is 0 Å². The summed E-state index contributed by atoms with van der Waals surface area (Å²) in [6.07, 6.45) is 1.60. The lowest BCUT2D eigenvalue weighted by molar-refractivity contribution is 0.0785. The van der Waals surface area contributed by atoms with Crippen molar-refractivity contribution in [2.45, 2.75) is 13.8 Å². The summed E-state index contributed by atoms with van der Waals surface area (Å²) in [5.41, 5.74) is 6.23. The van der Waals surface area contributed by atoms with Crippen LogP contribution in [0.5, 0.6) is 0 Å². The number of nitrogen functional groups attached to an aromatic ring is 1. The fourth-order valence-electron chi connectivity index (χ4n) is 2.09. The Morgan fingerprint density at radius 1 is 1.47 bits per heavy atom. The van der Waals surface area contributed by atoms with Crippen molar-refractivity contribution < 1.29 is 4.79 Å². The molecule has 0 aromatic carbocycles. The monoisotopic (exact) mass is 297 g/mol. The van der Waals surface area contributed by atoms with Gasteiger partial charge >= 0.3 is 0 Å². The highest BCUT2D eigenvalue weighted by atomic mass is 79.9. The van der Waals surface area contributed by atoms with Crippen LogP contribution in [0.15, 0.2) is 16.7 Å². The second-order valence-electron chi connectivity index (χ2n) is 4.75. The zero-order chi connectivity index (χ0) is 12.6. The van der Waals surface area contributed by atoms with Crippen molar-refractivity contribution in [1.29, 1.82) is 0 Å². The Hall–Kier alpha value is -1.10. The molecule has 2 rings (SSSR count). The van der Waals surface area contributed by atoms with Gasteiger partial charge in [-0.2, -0.15) is 0 Å². The van der Waals surface area contributed by atoms with Gasteiger partial charge in [-0.1, -0.05) is 13.8 Å². The summed E-state index contributed by atoms with van der Waals surface area (Å²) >= 11 is 3.31. The van der Waals surface area contributed by atoms with Gasteiger partial charge < -0.3 is 10.6 Å². The van der Waals surface area contributed by atoms with Crippen LogP contribution in [-0.4, -0.2) is 28.9 Å². The molecule has 0 saturated carbocycles. The Morgan fingerprint density at radius 2 is 2.06 bits per heavy atom. The van der Waals surface area contributed by atoms with E-state index < -0.39 is 0 Å². The normalized spacial score (nSPS) is 24.1. The Balaban J connectivity index is 2.23. The van der Waals surface area contributed by atoms with E-state index in [1.165, 1.54) is 0 Å². The Kier molecular flexibility index (Phi) is 3.38. The molecule has 92 valence electrons. The Bertz CT molecular complexity index is 439. The van der Waals surface area contributed by atoms with E-state index in [-0.39, 0.29) is 5.91 Å². The van der Waals surface area contributed by atoms with Crippen LogP contribution in [0.1, 0.15) is 24.2 Å². The highest BCUT2D eigenvalue weighted by Crippen LogP contribution is 2.25. The minimum atomic E-state index is -0.0208. The third kappa shape index (κ3) is 2.44. The zero-order valence-electron chi connectivity index (χ0n) is 9.98. The van der Waals surface area contributed by atoms with Crippen LogP contribution in [0, 0.1) is 11.8 Å². The average molecular weight is 298 g/mol. The van der Waals surface area contributed by atoms with Crippen LogP contribution in [-0.2, 0) is 0 Å². The van der Waals surface area contributed by atoms with Gasteiger partial charge in [-0.3, -0.25) is 4.79 Å². The molecule has 4 nitrogen and oxygen atoms in total. The van der Waals surface area contributed by atoms with Gasteiger partial charge in [0.1, 0.15) is 5.82 Å². The first-order chi connectivity index (χ1) is 7.99. The van der Waals surface area contributed by atoms with E-state index in [4.69, 9.17) is 5.73 Å². The molecule has 1 aliphatic heterocycles. The molecule has 0 radical (unpaired) electrons. The molecule has 0 aliphatic carbocycles. The van der Waals surface area contributed by atoms with Crippen molar-refractivity contribution in [2.75, 3.05) is 18.8 Å². The molecule has 2 heterocycles. The molecule has 1 saturated heterocycles. The van der Waals surface area contributed by atoms with Crippen molar-refractivity contribution in [3.05, 3.63) is 22.3 Å². The molecular weight excluding hydrogens is 282 g/mol. The van der Waals surface area contributed by atoms with E-state index >= 15 is 0 Å². The van der Waals surface area contributed by atoms with Crippen LogP contribution in [0.4, 0.5) is 5.82 Å². The third-order valence-corrected chi connectivity index (χ3v) is 3.82. The molecular formula is C12H16BrN3O. The molecule has 2 atom stereocenters. The summed E-state index contributed by atoms with van der Waals surface area (Å²) in [5, 5.41) is 0. The van der Waals surface area contributed by atoms with Crippen molar-refractivity contribution in [1.82, 2.24) is 9.88 Å². The number of amides is 1. The SMILES string of the molecule is CC1CN(C(=O)c2cc(Br)cnc2N)CC1C. The largest absolute Gasteiger partial charge is 0.383 e. The van der Waals surface area contributed by atoms with Gasteiger partial charge in [0.25, 0.3) is 5.91 Å². The molecule has 1 amide bonds. The van der Waals surface area contributed by atoms with Crippen molar-refractivity contribution in [2.24, 2.45) is 11.8 Å². The highest BCUT2D eigenvalue weighted by molar-refractivity contribution is 9.10. The van der Waals surface area contributed by atoms with Crippen LogP contribution >= 0.6 is 15.9 Å². The number of aromatic nitrogens is 1. The second kappa shape index (κ2) is 4.64. The first-order valence-electron chi connectivity index (χ1n) is 5.69. The van der Waals surface area contributed by atoms with Gasteiger partial charge in [-0.05, 0) is 33.8 Å². The highest BCUT2D eigenvalue weighted by Gasteiger charge is 2.30. The first-order valence-corrected chi connectivity index (χ1v) is 6.48. The second-order valence-corrected chi connectivity index (χ2v) is 5.67. The molecule has 0 bridgehead atoms. The first kappa shape index (κ1) is 12.4. The number of rotatable bonds is 1. The fraction of sp³-hybridized carbons (Fsp3) is 0.500. The predicted molar refractivity (Wildman–Crippen MR) is 70.6 cm³/mol. The summed E-state index contributed by atoms with van der Waals surface area (Å²) in [4.78, 5) is 18.1. The lowest BCUT2D eigenvalue weighted by Gasteiger charge is -2.16. The van der Waals surface area contributed by atoms with E-state index in [1.807, 2.05) is 4.90 Å². The van der Waals surface area contributed by atoms with Crippen LogP contribution in [0.25, 0.3) is 0 Å². The third-order valence-electron chi connectivity index (χ3n) is 3.39. The maximum absolute atomic E-state index is 12.3. The van der Waals surface area contributed by atoms with Gasteiger partial charge in [0.15, 0.2) is 0 Å². The molecule has 1 aliphatic rings. The predicted octanol–water partition coefficient (Wildman–Crippen LogP) is 2.15. The molecule has 2 unspecified atom stereocenters. The minimum Gasteiger partial charge on any atom is -0.383 e. The number of pyridine rings is 1.